The summed E-state index contributed by atoms with van der Waals surface area (Å²) in [6, 6.07) is 85.3. The lowest BCUT2D eigenvalue weighted by Crippen LogP contribution is -2.26. The quantitative estimate of drug-likeness (QED) is 0.161. The standard InChI is InChI=1S/C48H34N2.C22H17BrN2/c1-48(2)40-24-14-15-25-43(40)50-46-41(48)29-35(30-42(46)49-47(50)33-20-10-5-11-21-33)34-26-27-38-39(28-34)45(32-18-8-4-9-19-32)37-23-13-12-22-36(37)44(38)31-16-6-3-7-17-31;1-22(2)16-10-6-7-11-19(16)25-20-17(22)12-15(23)13-18(20)24-21(25)14-8-4-3-5-9-14/h3-30H,1-2H3;3-13H,1-2H3. The molecule has 75 heavy (non-hydrogen) atoms. The predicted molar refractivity (Wildman–Crippen MR) is 316 cm³/mol. The third-order valence-electron chi connectivity index (χ3n) is 16.0. The lowest BCUT2D eigenvalue weighted by atomic mass is 9.74. The fourth-order valence-corrected chi connectivity index (χ4v) is 12.9. The van der Waals surface area contributed by atoms with Crippen molar-refractivity contribution in [3.05, 3.63) is 263 Å². The predicted octanol–water partition coefficient (Wildman–Crippen LogP) is 18.7. The third-order valence-corrected chi connectivity index (χ3v) is 16.5. The van der Waals surface area contributed by atoms with Gasteiger partial charge in [-0.2, -0.15) is 0 Å². The summed E-state index contributed by atoms with van der Waals surface area (Å²) < 4.78 is 5.79. The summed E-state index contributed by atoms with van der Waals surface area (Å²) in [4.78, 5) is 10.4. The highest BCUT2D eigenvalue weighted by Gasteiger charge is 2.38. The molecule has 0 spiro atoms. The Morgan fingerprint density at radius 2 is 0.720 bits per heavy atom. The molecule has 2 aliphatic heterocycles. The number of imidazole rings is 2. The molecule has 2 aromatic heterocycles. The first-order chi connectivity index (χ1) is 36.6. The lowest BCUT2D eigenvalue weighted by Gasteiger charge is -2.35. The number of rotatable bonds is 5. The first kappa shape index (κ1) is 45.0. The van der Waals surface area contributed by atoms with Gasteiger partial charge in [0.15, 0.2) is 0 Å². The van der Waals surface area contributed by atoms with Crippen LogP contribution in [-0.2, 0) is 10.8 Å². The van der Waals surface area contributed by atoms with Crippen molar-refractivity contribution in [1.29, 1.82) is 0 Å². The van der Waals surface area contributed by atoms with Crippen LogP contribution in [0.4, 0.5) is 0 Å². The molecular formula is C70H51BrN4. The molecule has 0 atom stereocenters. The van der Waals surface area contributed by atoms with Crippen molar-refractivity contribution in [3.63, 3.8) is 0 Å². The Balaban J connectivity index is 0.000000172. The molecule has 4 heterocycles. The molecule has 13 aromatic rings. The van der Waals surface area contributed by atoms with Gasteiger partial charge in [-0.25, -0.2) is 9.97 Å². The van der Waals surface area contributed by atoms with Gasteiger partial charge < -0.3 is 0 Å². The van der Waals surface area contributed by atoms with Gasteiger partial charge in [0.25, 0.3) is 0 Å². The Morgan fingerprint density at radius 1 is 0.320 bits per heavy atom. The molecule has 5 heteroatoms. The van der Waals surface area contributed by atoms with Crippen LogP contribution >= 0.6 is 15.9 Å². The zero-order valence-electron chi connectivity index (χ0n) is 42.2. The van der Waals surface area contributed by atoms with Crippen LogP contribution in [-0.4, -0.2) is 19.1 Å². The van der Waals surface area contributed by atoms with E-state index >= 15 is 0 Å². The smallest absolute Gasteiger partial charge is 0.145 e. The maximum absolute atomic E-state index is 5.39. The maximum atomic E-state index is 5.39. The minimum absolute atomic E-state index is 0.0669. The van der Waals surface area contributed by atoms with Crippen LogP contribution < -0.4 is 0 Å². The van der Waals surface area contributed by atoms with Gasteiger partial charge in [-0.3, -0.25) is 9.13 Å². The molecule has 0 amide bonds. The second-order valence-corrected chi connectivity index (χ2v) is 22.0. The molecule has 0 bridgehead atoms. The summed E-state index contributed by atoms with van der Waals surface area (Å²) in [5.74, 6) is 1.98. The summed E-state index contributed by atoms with van der Waals surface area (Å²) >= 11 is 3.68. The van der Waals surface area contributed by atoms with Crippen molar-refractivity contribution in [3.8, 4) is 67.5 Å². The number of nitrogens with zero attached hydrogens (tertiary/aromatic N) is 4. The Bertz CT molecular complexity index is 4400. The van der Waals surface area contributed by atoms with Gasteiger partial charge in [-0.05, 0) is 120 Å². The summed E-state index contributed by atoms with van der Waals surface area (Å²) in [5.41, 5.74) is 21.5. The van der Waals surface area contributed by atoms with Crippen LogP contribution in [0.1, 0.15) is 49.9 Å². The first-order valence-corrected chi connectivity index (χ1v) is 26.6. The van der Waals surface area contributed by atoms with Gasteiger partial charge in [0.05, 0.1) is 33.4 Å². The molecule has 0 fully saturated rings. The van der Waals surface area contributed by atoms with E-state index in [0.717, 1.165) is 38.3 Å². The molecule has 0 radical (unpaired) electrons. The van der Waals surface area contributed by atoms with Crippen LogP contribution in [0.15, 0.2) is 241 Å². The second kappa shape index (κ2) is 17.2. The molecular weight excluding hydrogens is 977 g/mol. The van der Waals surface area contributed by atoms with Crippen molar-refractivity contribution in [2.24, 2.45) is 0 Å². The number of halogens is 1. The molecule has 15 rings (SSSR count). The van der Waals surface area contributed by atoms with Crippen molar-refractivity contribution in [2.45, 2.75) is 38.5 Å². The van der Waals surface area contributed by atoms with Crippen molar-refractivity contribution in [1.82, 2.24) is 19.1 Å². The fraction of sp³-hybridized carbons (Fsp3) is 0.0857. The van der Waals surface area contributed by atoms with Crippen LogP contribution in [0.3, 0.4) is 0 Å². The van der Waals surface area contributed by atoms with E-state index in [2.05, 4.69) is 283 Å². The van der Waals surface area contributed by atoms with E-state index in [1.54, 1.807) is 0 Å². The normalized spacial score (nSPS) is 13.6. The van der Waals surface area contributed by atoms with Gasteiger partial charge >= 0.3 is 0 Å². The topological polar surface area (TPSA) is 35.6 Å². The van der Waals surface area contributed by atoms with E-state index in [-0.39, 0.29) is 10.8 Å². The Kier molecular flexibility index (Phi) is 10.3. The minimum atomic E-state index is -0.211. The largest absolute Gasteiger partial charge is 0.292 e. The summed E-state index contributed by atoms with van der Waals surface area (Å²) in [6.45, 7) is 9.31. The molecule has 2 aliphatic rings. The molecule has 0 N–H and O–H groups in total. The highest BCUT2D eigenvalue weighted by Crippen LogP contribution is 2.50. The van der Waals surface area contributed by atoms with Gasteiger partial charge in [0.1, 0.15) is 11.6 Å². The molecule has 0 saturated heterocycles. The highest BCUT2D eigenvalue weighted by atomic mass is 79.9. The number of hydrogen-bond acceptors (Lipinski definition) is 2. The summed E-state index contributed by atoms with van der Waals surface area (Å²) in [6.07, 6.45) is 0. The SMILES string of the molecule is CC1(C)c2ccccc2-n2c(-c3ccccc3)nc3cc(-c4ccc5c(-c6ccccc6)c6ccccc6c(-c6ccccc6)c5c4)cc1c32.CC1(C)c2ccccc2-n2c(-c3ccccc3)nc3cc(Br)cc1c32. The zero-order valence-corrected chi connectivity index (χ0v) is 43.8. The Morgan fingerprint density at radius 3 is 1.23 bits per heavy atom. The van der Waals surface area contributed by atoms with E-state index in [1.165, 1.54) is 99.6 Å². The van der Waals surface area contributed by atoms with Gasteiger partial charge in [0.2, 0.25) is 0 Å². The van der Waals surface area contributed by atoms with E-state index in [1.807, 2.05) is 6.07 Å². The van der Waals surface area contributed by atoms with E-state index in [0.29, 0.717) is 0 Å². The van der Waals surface area contributed by atoms with Gasteiger partial charge in [-0.1, -0.05) is 238 Å². The molecule has 358 valence electrons. The zero-order chi connectivity index (χ0) is 50.6. The number of para-hydroxylation sites is 2. The van der Waals surface area contributed by atoms with Gasteiger partial charge in [-0.15, -0.1) is 0 Å². The average Bonchev–Trinajstić information content (AvgIpc) is 4.05. The monoisotopic (exact) mass is 1030 g/mol. The van der Waals surface area contributed by atoms with Crippen LogP contribution in [0.25, 0.3) is 111 Å². The molecule has 4 nitrogen and oxygen atoms in total. The summed E-state index contributed by atoms with van der Waals surface area (Å²) in [7, 11) is 0. The van der Waals surface area contributed by atoms with Crippen molar-refractivity contribution in [2.75, 3.05) is 0 Å². The second-order valence-electron chi connectivity index (χ2n) is 21.1. The number of benzene rings is 11. The van der Waals surface area contributed by atoms with E-state index in [4.69, 9.17) is 9.97 Å². The molecule has 0 unspecified atom stereocenters. The minimum Gasteiger partial charge on any atom is -0.292 e. The van der Waals surface area contributed by atoms with E-state index in [9.17, 15) is 0 Å². The Hall–Kier alpha value is -8.64. The van der Waals surface area contributed by atoms with Crippen molar-refractivity contribution >= 4 is 59.5 Å². The number of hydrogen-bond donors (Lipinski definition) is 0. The highest BCUT2D eigenvalue weighted by molar-refractivity contribution is 9.10. The van der Waals surface area contributed by atoms with Crippen LogP contribution in [0.5, 0.6) is 0 Å². The molecule has 11 aromatic carbocycles. The number of fused-ring (bicyclic) bond motifs is 6. The van der Waals surface area contributed by atoms with Crippen LogP contribution in [0.2, 0.25) is 0 Å². The lowest BCUT2D eigenvalue weighted by molar-refractivity contribution is 0.628. The third kappa shape index (κ3) is 7.02. The average molecular weight is 1030 g/mol. The van der Waals surface area contributed by atoms with E-state index < -0.39 is 0 Å². The maximum Gasteiger partial charge on any atom is 0.145 e. The Labute approximate surface area is 445 Å². The van der Waals surface area contributed by atoms with Gasteiger partial charge in [0, 0.05) is 26.4 Å². The summed E-state index contributed by atoms with van der Waals surface area (Å²) in [5, 5.41) is 5.03. The van der Waals surface area contributed by atoms with Crippen LogP contribution in [0, 0.1) is 0 Å². The van der Waals surface area contributed by atoms with Crippen molar-refractivity contribution < 1.29 is 0 Å². The first-order valence-electron chi connectivity index (χ1n) is 25.8. The molecule has 0 aliphatic carbocycles. The fourth-order valence-electron chi connectivity index (χ4n) is 12.4. The molecule has 0 saturated carbocycles. The number of aromatic nitrogens is 4.